The summed E-state index contributed by atoms with van der Waals surface area (Å²) in [5.74, 6) is 0.708. The number of nitrogens with zero attached hydrogens (tertiary/aromatic N) is 2. The number of ether oxygens (including phenoxy) is 2. The van der Waals surface area contributed by atoms with Crippen molar-refractivity contribution in [3.8, 4) is 22.8 Å². The first kappa shape index (κ1) is 23.3. The van der Waals surface area contributed by atoms with Crippen molar-refractivity contribution in [1.29, 1.82) is 0 Å². The number of para-hydroxylation sites is 1. The molecule has 1 aliphatic rings. The molecule has 2 amide bonds. The molecule has 4 rings (SSSR count). The van der Waals surface area contributed by atoms with Crippen molar-refractivity contribution >= 4 is 35.0 Å². The average Bonchev–Trinajstić information content (AvgIpc) is 2.82. The molecule has 10 nitrogen and oxygen atoms in total. The number of carbonyl (C=O) groups excluding carboxylic acids is 2. The van der Waals surface area contributed by atoms with Gasteiger partial charge in [0.25, 0.3) is 5.56 Å². The number of nitrogens with one attached hydrogen (secondary N) is 3. The van der Waals surface area contributed by atoms with Gasteiger partial charge in [0.2, 0.25) is 11.8 Å². The zero-order valence-electron chi connectivity index (χ0n) is 18.6. The van der Waals surface area contributed by atoms with Gasteiger partial charge in [-0.1, -0.05) is 36.9 Å². The molecular weight excluding hydrogens is 458 g/mol. The third-order valence-corrected chi connectivity index (χ3v) is 6.13. The molecule has 0 fully saturated rings. The molecule has 34 heavy (non-hydrogen) atoms. The smallest absolute Gasteiger partial charge is 0.278 e. The molecule has 3 N–H and O–H groups in total. The van der Waals surface area contributed by atoms with Crippen LogP contribution in [0.25, 0.3) is 11.3 Å². The van der Waals surface area contributed by atoms with Gasteiger partial charge >= 0.3 is 0 Å². The van der Waals surface area contributed by atoms with E-state index < -0.39 is 10.8 Å². The van der Waals surface area contributed by atoms with Crippen molar-refractivity contribution < 1.29 is 19.1 Å². The van der Waals surface area contributed by atoms with E-state index in [1.165, 1.54) is 6.92 Å². The molecule has 1 aromatic heterocycles. The van der Waals surface area contributed by atoms with Gasteiger partial charge < -0.3 is 20.1 Å². The number of aromatic nitrogens is 3. The number of benzene rings is 2. The molecule has 1 aliphatic heterocycles. The number of hydrogen-bond donors (Lipinski definition) is 3. The maximum absolute atomic E-state index is 12.9. The minimum absolute atomic E-state index is 0.0717. The normalized spacial score (nSPS) is 13.1. The lowest BCUT2D eigenvalue weighted by atomic mass is 10.1. The van der Waals surface area contributed by atoms with Crippen molar-refractivity contribution in [1.82, 2.24) is 15.2 Å². The summed E-state index contributed by atoms with van der Waals surface area (Å²) < 4.78 is 11.1. The van der Waals surface area contributed by atoms with Crippen molar-refractivity contribution in [2.24, 2.45) is 0 Å². The standard InChI is InChI=1S/C23H23N5O5S/c1-3-19(21(30)25-14-8-9-17-18(12-14)33-11-10-32-17)34-23-26-22(31)20(27-28-23)15-6-4-5-7-16(15)24-13(2)29/h4-9,12,19H,3,10-11H2,1-2H3,(H,24,29)(H,25,30)(H,26,28,31)/t19-/m1/s1. The van der Waals surface area contributed by atoms with Crippen LogP contribution in [0, 0.1) is 0 Å². The minimum Gasteiger partial charge on any atom is -0.486 e. The Hall–Kier alpha value is -3.86. The Labute approximate surface area is 199 Å². The Morgan fingerprint density at radius 1 is 1.09 bits per heavy atom. The third-order valence-electron chi connectivity index (χ3n) is 4.90. The van der Waals surface area contributed by atoms with Crippen LogP contribution in [0.1, 0.15) is 20.3 Å². The summed E-state index contributed by atoms with van der Waals surface area (Å²) in [5.41, 5.74) is 1.09. The fourth-order valence-electron chi connectivity index (χ4n) is 3.34. The fraction of sp³-hybridized carbons (Fsp3) is 0.261. The summed E-state index contributed by atoms with van der Waals surface area (Å²) in [6.07, 6.45) is 0.498. The number of aromatic amines is 1. The first-order chi connectivity index (χ1) is 16.4. The van der Waals surface area contributed by atoms with Crippen molar-refractivity contribution in [3.63, 3.8) is 0 Å². The molecule has 176 valence electrons. The summed E-state index contributed by atoms with van der Waals surface area (Å²) in [4.78, 5) is 39.7. The maximum atomic E-state index is 12.9. The molecule has 3 aromatic rings. The Morgan fingerprint density at radius 3 is 2.59 bits per heavy atom. The second-order valence-electron chi connectivity index (χ2n) is 7.40. The van der Waals surface area contributed by atoms with Gasteiger partial charge in [0.15, 0.2) is 22.3 Å². The van der Waals surface area contributed by atoms with Crippen LogP contribution in [-0.4, -0.2) is 45.5 Å². The Kier molecular flexibility index (Phi) is 7.12. The monoisotopic (exact) mass is 481 g/mol. The van der Waals surface area contributed by atoms with E-state index in [9.17, 15) is 14.4 Å². The molecule has 0 saturated carbocycles. The van der Waals surface area contributed by atoms with Gasteiger partial charge in [0, 0.05) is 24.2 Å². The Morgan fingerprint density at radius 2 is 1.85 bits per heavy atom. The highest BCUT2D eigenvalue weighted by Crippen LogP contribution is 2.33. The topological polar surface area (TPSA) is 135 Å². The van der Waals surface area contributed by atoms with Crippen molar-refractivity contribution in [3.05, 3.63) is 52.8 Å². The van der Waals surface area contributed by atoms with Crippen molar-refractivity contribution in [2.45, 2.75) is 30.7 Å². The number of thioether (sulfide) groups is 1. The molecule has 0 unspecified atom stereocenters. The van der Waals surface area contributed by atoms with E-state index >= 15 is 0 Å². The van der Waals surface area contributed by atoms with E-state index in [0.717, 1.165) is 11.8 Å². The zero-order valence-corrected chi connectivity index (χ0v) is 19.4. The number of H-pyrrole nitrogens is 1. The number of rotatable bonds is 7. The Bertz CT molecular complexity index is 1280. The second kappa shape index (κ2) is 10.4. The minimum atomic E-state index is -0.518. The van der Waals surface area contributed by atoms with Crippen LogP contribution in [0.5, 0.6) is 11.5 Å². The zero-order chi connectivity index (χ0) is 24.1. The number of amides is 2. The summed E-state index contributed by atoms with van der Waals surface area (Å²) in [6, 6.07) is 12.0. The molecule has 2 aromatic carbocycles. The van der Waals surface area contributed by atoms with E-state index in [1.54, 1.807) is 42.5 Å². The highest BCUT2D eigenvalue weighted by Gasteiger charge is 2.22. The molecule has 0 spiro atoms. The molecule has 1 atom stereocenters. The lowest BCUT2D eigenvalue weighted by Crippen LogP contribution is -2.26. The molecule has 0 bridgehead atoms. The van der Waals surface area contributed by atoms with Crippen LogP contribution >= 0.6 is 11.8 Å². The second-order valence-corrected chi connectivity index (χ2v) is 8.59. The van der Waals surface area contributed by atoms with Crippen molar-refractivity contribution in [2.75, 3.05) is 23.8 Å². The lowest BCUT2D eigenvalue weighted by Gasteiger charge is -2.19. The SMILES string of the molecule is CC[C@@H](Sc1nnc(-c2ccccc2NC(C)=O)c(=O)[nH]1)C(=O)Nc1ccc2c(c1)OCCO2. The summed E-state index contributed by atoms with van der Waals surface area (Å²) in [5, 5.41) is 13.4. The van der Waals surface area contributed by atoms with Crippen LogP contribution in [-0.2, 0) is 9.59 Å². The summed E-state index contributed by atoms with van der Waals surface area (Å²) in [6.45, 7) is 4.19. The van der Waals surface area contributed by atoms with Gasteiger partial charge in [0.1, 0.15) is 13.2 Å². The van der Waals surface area contributed by atoms with E-state index in [-0.39, 0.29) is 22.7 Å². The first-order valence-corrected chi connectivity index (χ1v) is 11.5. The van der Waals surface area contributed by atoms with E-state index in [0.29, 0.717) is 48.1 Å². The summed E-state index contributed by atoms with van der Waals surface area (Å²) in [7, 11) is 0. The number of carbonyl (C=O) groups is 2. The Balaban J connectivity index is 1.48. The molecular formula is C23H23N5O5S. The number of hydrogen-bond acceptors (Lipinski definition) is 8. The van der Waals surface area contributed by atoms with E-state index in [2.05, 4.69) is 25.8 Å². The predicted octanol–water partition coefficient (Wildman–Crippen LogP) is 3.07. The van der Waals surface area contributed by atoms with Gasteiger partial charge in [-0.25, -0.2) is 0 Å². The van der Waals surface area contributed by atoms with E-state index in [4.69, 9.17) is 9.47 Å². The first-order valence-electron chi connectivity index (χ1n) is 10.7. The molecule has 0 aliphatic carbocycles. The molecule has 11 heteroatoms. The van der Waals surface area contributed by atoms with Gasteiger partial charge in [0.05, 0.1) is 10.9 Å². The highest BCUT2D eigenvalue weighted by atomic mass is 32.2. The van der Waals surface area contributed by atoms with Crippen LogP contribution < -0.4 is 25.7 Å². The predicted molar refractivity (Wildman–Crippen MR) is 128 cm³/mol. The summed E-state index contributed by atoms with van der Waals surface area (Å²) >= 11 is 1.11. The maximum Gasteiger partial charge on any atom is 0.278 e. The van der Waals surface area contributed by atoms with Crippen LogP contribution in [0.3, 0.4) is 0 Å². The average molecular weight is 482 g/mol. The van der Waals surface area contributed by atoms with E-state index in [1.807, 2.05) is 6.92 Å². The molecule has 0 radical (unpaired) electrons. The van der Waals surface area contributed by atoms with Gasteiger partial charge in [-0.15, -0.1) is 10.2 Å². The molecule has 0 saturated heterocycles. The van der Waals surface area contributed by atoms with Gasteiger partial charge in [-0.05, 0) is 24.6 Å². The van der Waals surface area contributed by atoms with Crippen LogP contribution in [0.15, 0.2) is 52.4 Å². The quantitative estimate of drug-likeness (QED) is 0.438. The highest BCUT2D eigenvalue weighted by molar-refractivity contribution is 8.00. The van der Waals surface area contributed by atoms with Crippen LogP contribution in [0.2, 0.25) is 0 Å². The largest absolute Gasteiger partial charge is 0.486 e. The lowest BCUT2D eigenvalue weighted by molar-refractivity contribution is -0.116. The number of anilines is 2. The van der Waals surface area contributed by atoms with Gasteiger partial charge in [-0.3, -0.25) is 19.4 Å². The van der Waals surface area contributed by atoms with Crippen LogP contribution in [0.4, 0.5) is 11.4 Å². The fourth-order valence-corrected chi connectivity index (χ4v) is 4.18. The number of fused-ring (bicyclic) bond motifs is 1. The molecule has 2 heterocycles. The third kappa shape index (κ3) is 5.37. The van der Waals surface area contributed by atoms with Gasteiger partial charge in [-0.2, -0.15) is 0 Å².